The molecule has 8 heteroatoms. The van der Waals surface area contributed by atoms with Gasteiger partial charge in [-0.25, -0.2) is 0 Å². The predicted molar refractivity (Wildman–Crippen MR) is 111 cm³/mol. The van der Waals surface area contributed by atoms with Crippen LogP contribution in [0.1, 0.15) is 41.3 Å². The van der Waals surface area contributed by atoms with Crippen LogP contribution in [0.15, 0.2) is 34.8 Å². The van der Waals surface area contributed by atoms with E-state index in [-0.39, 0.29) is 23.1 Å². The van der Waals surface area contributed by atoms with Crippen LogP contribution >= 0.6 is 39.1 Å². The lowest BCUT2D eigenvalue weighted by molar-refractivity contribution is -0.123. The Hall–Kier alpha value is -1.76. The summed E-state index contributed by atoms with van der Waals surface area (Å²) < 4.78 is 6.63. The molecule has 0 fully saturated rings. The summed E-state index contributed by atoms with van der Waals surface area (Å²) >= 11 is 15.3. The molecule has 144 valence electrons. The second-order valence-corrected chi connectivity index (χ2v) is 7.91. The third-order valence-corrected chi connectivity index (χ3v) is 5.17. The lowest BCUT2D eigenvalue weighted by Crippen LogP contribution is -2.44. The minimum absolute atomic E-state index is 0.192. The molecule has 2 rings (SSSR count). The summed E-state index contributed by atoms with van der Waals surface area (Å²) in [5.74, 6) is -0.185. The van der Waals surface area contributed by atoms with Crippen LogP contribution in [0.25, 0.3) is 0 Å². The van der Waals surface area contributed by atoms with Crippen LogP contribution in [0.2, 0.25) is 10.0 Å². The van der Waals surface area contributed by atoms with Crippen molar-refractivity contribution in [2.45, 2.75) is 26.7 Å². The van der Waals surface area contributed by atoms with Gasteiger partial charge in [-0.05, 0) is 54.3 Å². The van der Waals surface area contributed by atoms with Gasteiger partial charge in [-0.1, -0.05) is 53.0 Å². The molecule has 0 saturated carbocycles. The molecule has 0 aliphatic rings. The van der Waals surface area contributed by atoms with Crippen LogP contribution in [0.3, 0.4) is 0 Å². The smallest absolute Gasteiger partial charge is 0.276 e. The molecule has 0 atom stereocenters. The molecular weight excluding hydrogens is 455 g/mol. The van der Waals surface area contributed by atoms with Crippen molar-refractivity contribution < 1.29 is 14.3 Å². The second kappa shape index (κ2) is 9.44. The van der Waals surface area contributed by atoms with Gasteiger partial charge in [0.25, 0.3) is 11.8 Å². The van der Waals surface area contributed by atoms with E-state index in [1.54, 1.807) is 0 Å². The summed E-state index contributed by atoms with van der Waals surface area (Å²) in [5.41, 5.74) is 6.79. The molecule has 2 N–H and O–H groups in total. The average molecular weight is 474 g/mol. The second-order valence-electron chi connectivity index (χ2n) is 6.21. The maximum Gasteiger partial charge on any atom is 0.276 e. The minimum Gasteiger partial charge on any atom is -0.483 e. The highest BCUT2D eigenvalue weighted by Gasteiger charge is 2.14. The molecular formula is C19H19BrCl2N2O3. The van der Waals surface area contributed by atoms with Gasteiger partial charge in [0.05, 0.1) is 10.6 Å². The lowest BCUT2D eigenvalue weighted by Gasteiger charge is -2.16. The number of carbonyl (C=O) groups is 2. The molecule has 0 heterocycles. The number of amides is 2. The van der Waals surface area contributed by atoms with E-state index in [9.17, 15) is 9.59 Å². The number of benzene rings is 2. The van der Waals surface area contributed by atoms with Crippen molar-refractivity contribution in [3.63, 3.8) is 0 Å². The number of hydrazine groups is 1. The zero-order valence-electron chi connectivity index (χ0n) is 15.0. The Morgan fingerprint density at radius 2 is 1.85 bits per heavy atom. The van der Waals surface area contributed by atoms with Gasteiger partial charge in [-0.15, -0.1) is 0 Å². The summed E-state index contributed by atoms with van der Waals surface area (Å²) in [6.07, 6.45) is 0. The van der Waals surface area contributed by atoms with Crippen molar-refractivity contribution in [3.05, 3.63) is 61.5 Å². The first-order chi connectivity index (χ1) is 12.7. The summed E-state index contributed by atoms with van der Waals surface area (Å²) in [4.78, 5) is 24.1. The number of hydrogen-bond acceptors (Lipinski definition) is 3. The first-order valence-electron chi connectivity index (χ1n) is 8.16. The van der Waals surface area contributed by atoms with Crippen LogP contribution in [0.5, 0.6) is 5.75 Å². The standard InChI is InChI=1S/C19H19BrCl2N2O3/c1-10(2)14-8-15(20)11(3)6-17(14)27-9-18(25)23-24-19(26)13-5-4-12(21)7-16(13)22/h4-8,10H,9H2,1-3H3,(H,23,25)(H,24,26). The Balaban J connectivity index is 1.95. The molecule has 2 aromatic rings. The normalized spacial score (nSPS) is 10.6. The number of halogens is 3. The topological polar surface area (TPSA) is 67.4 Å². The van der Waals surface area contributed by atoms with Crippen LogP contribution in [0, 0.1) is 6.92 Å². The van der Waals surface area contributed by atoms with Crippen molar-refractivity contribution in [3.8, 4) is 5.75 Å². The number of nitrogens with one attached hydrogen (secondary N) is 2. The Labute approximate surface area is 176 Å². The van der Waals surface area contributed by atoms with Crippen LogP contribution < -0.4 is 15.6 Å². The molecule has 2 aromatic carbocycles. The number of hydrogen-bond donors (Lipinski definition) is 2. The number of carbonyl (C=O) groups excluding carboxylic acids is 2. The van der Waals surface area contributed by atoms with Crippen molar-refractivity contribution in [2.24, 2.45) is 0 Å². The van der Waals surface area contributed by atoms with Gasteiger partial charge in [0, 0.05) is 9.50 Å². The Bertz CT molecular complexity index is 872. The van der Waals surface area contributed by atoms with Crippen molar-refractivity contribution in [1.29, 1.82) is 0 Å². The largest absolute Gasteiger partial charge is 0.483 e. The molecule has 0 aliphatic heterocycles. The molecule has 5 nitrogen and oxygen atoms in total. The molecule has 0 unspecified atom stereocenters. The van der Waals surface area contributed by atoms with Gasteiger partial charge in [0.1, 0.15) is 5.75 Å². The van der Waals surface area contributed by atoms with E-state index in [1.165, 1.54) is 18.2 Å². The van der Waals surface area contributed by atoms with E-state index in [2.05, 4.69) is 26.8 Å². The van der Waals surface area contributed by atoms with E-state index in [0.29, 0.717) is 10.8 Å². The van der Waals surface area contributed by atoms with E-state index in [4.69, 9.17) is 27.9 Å². The Morgan fingerprint density at radius 1 is 1.15 bits per heavy atom. The highest BCUT2D eigenvalue weighted by molar-refractivity contribution is 9.10. The van der Waals surface area contributed by atoms with Crippen molar-refractivity contribution in [2.75, 3.05) is 6.61 Å². The van der Waals surface area contributed by atoms with Crippen LogP contribution in [0.4, 0.5) is 0 Å². The highest BCUT2D eigenvalue weighted by Crippen LogP contribution is 2.32. The van der Waals surface area contributed by atoms with Gasteiger partial charge in [-0.2, -0.15) is 0 Å². The monoisotopic (exact) mass is 472 g/mol. The fourth-order valence-electron chi connectivity index (χ4n) is 2.29. The quantitative estimate of drug-likeness (QED) is 0.598. The average Bonchev–Trinajstić information content (AvgIpc) is 2.60. The number of aryl methyl sites for hydroxylation is 1. The molecule has 0 spiro atoms. The summed E-state index contributed by atoms with van der Waals surface area (Å²) in [7, 11) is 0. The van der Waals surface area contributed by atoms with Gasteiger partial charge >= 0.3 is 0 Å². The molecule has 0 radical (unpaired) electrons. The van der Waals surface area contributed by atoms with Crippen molar-refractivity contribution in [1.82, 2.24) is 10.9 Å². The third-order valence-electron chi connectivity index (χ3n) is 3.76. The highest BCUT2D eigenvalue weighted by atomic mass is 79.9. The van der Waals surface area contributed by atoms with E-state index in [0.717, 1.165) is 15.6 Å². The fraction of sp³-hybridized carbons (Fsp3) is 0.263. The molecule has 0 bridgehead atoms. The van der Waals surface area contributed by atoms with E-state index < -0.39 is 11.8 Å². The zero-order chi connectivity index (χ0) is 20.1. The van der Waals surface area contributed by atoms with Gasteiger partial charge in [-0.3, -0.25) is 20.4 Å². The lowest BCUT2D eigenvalue weighted by atomic mass is 10.0. The predicted octanol–water partition coefficient (Wildman–Crippen LogP) is 5.03. The van der Waals surface area contributed by atoms with Gasteiger partial charge in [0.15, 0.2) is 6.61 Å². The fourth-order valence-corrected chi connectivity index (χ4v) is 3.15. The first kappa shape index (κ1) is 21.5. The molecule has 2 amide bonds. The molecule has 0 aliphatic carbocycles. The third kappa shape index (κ3) is 5.86. The maximum absolute atomic E-state index is 12.1. The molecule has 27 heavy (non-hydrogen) atoms. The summed E-state index contributed by atoms with van der Waals surface area (Å²) in [5, 5.41) is 0.608. The summed E-state index contributed by atoms with van der Waals surface area (Å²) in [6.45, 7) is 5.78. The maximum atomic E-state index is 12.1. The van der Waals surface area contributed by atoms with Crippen LogP contribution in [-0.4, -0.2) is 18.4 Å². The molecule has 0 saturated heterocycles. The minimum atomic E-state index is -0.549. The van der Waals surface area contributed by atoms with Crippen molar-refractivity contribution >= 4 is 50.9 Å². The Kier molecular flexibility index (Phi) is 7.53. The van der Waals surface area contributed by atoms with Gasteiger partial charge < -0.3 is 4.74 Å². The van der Waals surface area contributed by atoms with E-state index >= 15 is 0 Å². The van der Waals surface area contributed by atoms with E-state index in [1.807, 2.05) is 32.9 Å². The molecule has 0 aromatic heterocycles. The number of ether oxygens (including phenoxy) is 1. The zero-order valence-corrected chi connectivity index (χ0v) is 18.1. The SMILES string of the molecule is Cc1cc(OCC(=O)NNC(=O)c2ccc(Cl)cc2Cl)c(C(C)C)cc1Br. The van der Waals surface area contributed by atoms with Gasteiger partial charge in [0.2, 0.25) is 0 Å². The van der Waals surface area contributed by atoms with Crippen LogP contribution in [-0.2, 0) is 4.79 Å². The Morgan fingerprint density at radius 3 is 2.48 bits per heavy atom. The summed E-state index contributed by atoms with van der Waals surface area (Å²) in [6, 6.07) is 8.32. The number of rotatable bonds is 5. The first-order valence-corrected chi connectivity index (χ1v) is 9.71.